The Hall–Kier alpha value is -1.56. The Morgan fingerprint density at radius 2 is 2.00 bits per heavy atom. The molecule has 0 aromatic heterocycles. The number of carbonyl (C=O) groups is 2. The van der Waals surface area contributed by atoms with E-state index in [0.29, 0.717) is 26.1 Å². The number of aliphatic carboxylic acids is 1. The third kappa shape index (κ3) is 2.73. The van der Waals surface area contributed by atoms with Crippen molar-refractivity contribution >= 4 is 12.1 Å². The van der Waals surface area contributed by atoms with E-state index in [1.54, 1.807) is 0 Å². The lowest BCUT2D eigenvalue weighted by molar-refractivity contribution is -0.162. The quantitative estimate of drug-likeness (QED) is 0.752. The van der Waals surface area contributed by atoms with E-state index in [4.69, 9.17) is 9.47 Å². The van der Waals surface area contributed by atoms with Crippen LogP contribution in [-0.2, 0) is 14.3 Å². The Morgan fingerprint density at radius 1 is 1.37 bits per heavy atom. The first-order valence-electron chi connectivity index (χ1n) is 6.39. The van der Waals surface area contributed by atoms with E-state index in [9.17, 15) is 14.7 Å². The molecule has 0 radical (unpaired) electrons. The Labute approximate surface area is 111 Å². The molecule has 6 nitrogen and oxygen atoms in total. The molecule has 0 aromatic carbocycles. The van der Waals surface area contributed by atoms with Gasteiger partial charge in [0.1, 0.15) is 12.1 Å². The number of hydrogen-bond donors (Lipinski definition) is 2. The van der Waals surface area contributed by atoms with E-state index in [-0.39, 0.29) is 12.0 Å². The molecule has 2 N–H and O–H groups in total. The number of carboxylic acid groups (broad SMARTS) is 1. The number of rotatable bonds is 4. The maximum Gasteiger partial charge on any atom is 0.408 e. The van der Waals surface area contributed by atoms with Crippen LogP contribution in [0.1, 0.15) is 25.7 Å². The number of ether oxygens (including phenoxy) is 2. The third-order valence-corrected chi connectivity index (χ3v) is 3.99. The van der Waals surface area contributed by atoms with Crippen molar-refractivity contribution in [2.75, 3.05) is 19.8 Å². The molecular weight excluding hydrogens is 250 g/mol. The van der Waals surface area contributed by atoms with Gasteiger partial charge in [0.05, 0.1) is 0 Å². The fraction of sp³-hybridized carbons (Fsp3) is 0.692. The smallest absolute Gasteiger partial charge is 0.408 e. The number of hydrogen-bond acceptors (Lipinski definition) is 4. The lowest BCUT2D eigenvalue weighted by atomic mass is 9.54. The minimum atomic E-state index is -1.18. The van der Waals surface area contributed by atoms with Crippen LogP contribution in [0.3, 0.4) is 0 Å². The maximum absolute atomic E-state index is 11.5. The highest BCUT2D eigenvalue weighted by molar-refractivity contribution is 5.85. The molecule has 1 amide bonds. The molecule has 0 bridgehead atoms. The molecule has 0 unspecified atom stereocenters. The van der Waals surface area contributed by atoms with Crippen LogP contribution in [0.25, 0.3) is 0 Å². The van der Waals surface area contributed by atoms with Crippen LogP contribution in [0.5, 0.6) is 0 Å². The molecule has 2 rings (SSSR count). The lowest BCUT2D eigenvalue weighted by Gasteiger charge is -2.55. The molecular formula is C13H19NO5. The Morgan fingerprint density at radius 3 is 2.53 bits per heavy atom. The molecule has 2 fully saturated rings. The summed E-state index contributed by atoms with van der Waals surface area (Å²) in [5.41, 5.74) is -1.18. The Bertz CT molecular complexity index is 378. The zero-order valence-corrected chi connectivity index (χ0v) is 10.8. The summed E-state index contributed by atoms with van der Waals surface area (Å²) in [6.07, 6.45) is 3.33. The summed E-state index contributed by atoms with van der Waals surface area (Å²) in [5.74, 6) is -1.000. The van der Waals surface area contributed by atoms with Gasteiger partial charge in [-0.2, -0.15) is 0 Å². The van der Waals surface area contributed by atoms with Gasteiger partial charge in [-0.25, -0.2) is 9.59 Å². The van der Waals surface area contributed by atoms with E-state index in [1.807, 2.05) is 0 Å². The number of alkyl carbamates (subject to hydrolysis) is 1. The summed E-state index contributed by atoms with van der Waals surface area (Å²) in [6.45, 7) is 4.83. The van der Waals surface area contributed by atoms with Gasteiger partial charge in [-0.05, 0) is 31.1 Å². The summed E-state index contributed by atoms with van der Waals surface area (Å²) in [4.78, 5) is 22.9. The molecule has 106 valence electrons. The van der Waals surface area contributed by atoms with Gasteiger partial charge in [0.2, 0.25) is 0 Å². The molecule has 1 aliphatic carbocycles. The van der Waals surface area contributed by atoms with Gasteiger partial charge in [0, 0.05) is 13.2 Å². The van der Waals surface area contributed by atoms with Crippen molar-refractivity contribution in [3.8, 4) is 0 Å². The van der Waals surface area contributed by atoms with E-state index < -0.39 is 17.6 Å². The van der Waals surface area contributed by atoms with Crippen LogP contribution in [0.2, 0.25) is 0 Å². The highest BCUT2D eigenvalue weighted by atomic mass is 16.5. The van der Waals surface area contributed by atoms with Crippen LogP contribution in [-0.4, -0.2) is 42.5 Å². The maximum atomic E-state index is 11.5. The van der Waals surface area contributed by atoms with Crippen LogP contribution >= 0.6 is 0 Å². The van der Waals surface area contributed by atoms with Crippen molar-refractivity contribution in [2.45, 2.75) is 31.2 Å². The fourth-order valence-electron chi connectivity index (χ4n) is 3.05. The molecule has 6 heteroatoms. The molecule has 0 aromatic rings. The second-order valence-corrected chi connectivity index (χ2v) is 5.37. The third-order valence-electron chi connectivity index (χ3n) is 3.99. The summed E-state index contributed by atoms with van der Waals surface area (Å²) in [5, 5.41) is 11.8. The number of nitrogens with one attached hydrogen (secondary N) is 1. The monoisotopic (exact) mass is 269 g/mol. The minimum Gasteiger partial charge on any atom is -0.480 e. The van der Waals surface area contributed by atoms with Crippen molar-refractivity contribution in [1.82, 2.24) is 5.32 Å². The molecule has 1 saturated heterocycles. The molecule has 0 atom stereocenters. The molecule has 1 aliphatic heterocycles. The zero-order valence-electron chi connectivity index (χ0n) is 10.8. The van der Waals surface area contributed by atoms with Crippen LogP contribution < -0.4 is 5.32 Å². The predicted octanol–water partition coefficient (Wildman–Crippen LogP) is 1.31. The molecule has 1 saturated carbocycles. The van der Waals surface area contributed by atoms with Crippen LogP contribution in [0.4, 0.5) is 4.79 Å². The first kappa shape index (κ1) is 13.9. The predicted molar refractivity (Wildman–Crippen MR) is 66.8 cm³/mol. The minimum absolute atomic E-state index is 0.00234. The Kier molecular flexibility index (Phi) is 3.80. The van der Waals surface area contributed by atoms with E-state index in [2.05, 4.69) is 11.9 Å². The van der Waals surface area contributed by atoms with Crippen molar-refractivity contribution in [1.29, 1.82) is 0 Å². The van der Waals surface area contributed by atoms with Crippen molar-refractivity contribution in [2.24, 2.45) is 5.41 Å². The number of carbonyl (C=O) groups excluding carboxylic acids is 1. The number of carboxylic acids is 1. The molecule has 1 heterocycles. The normalized spacial score (nSPS) is 23.2. The van der Waals surface area contributed by atoms with E-state index in [0.717, 1.165) is 12.8 Å². The van der Waals surface area contributed by atoms with Crippen molar-refractivity contribution < 1.29 is 24.2 Å². The van der Waals surface area contributed by atoms with Gasteiger partial charge in [0.25, 0.3) is 0 Å². The first-order chi connectivity index (χ1) is 9.02. The zero-order chi connectivity index (χ0) is 13.9. The largest absolute Gasteiger partial charge is 0.480 e. The lowest BCUT2D eigenvalue weighted by Crippen LogP contribution is -2.67. The van der Waals surface area contributed by atoms with E-state index >= 15 is 0 Å². The van der Waals surface area contributed by atoms with Gasteiger partial charge in [-0.3, -0.25) is 0 Å². The first-order valence-corrected chi connectivity index (χ1v) is 6.39. The summed E-state index contributed by atoms with van der Waals surface area (Å²) < 4.78 is 10.1. The Balaban J connectivity index is 1.96. The summed E-state index contributed by atoms with van der Waals surface area (Å²) >= 11 is 0. The van der Waals surface area contributed by atoms with Crippen molar-refractivity contribution in [3.05, 3.63) is 12.7 Å². The standard InChI is InChI=1S/C13H19NO5/c1-2-5-19-11(17)14-13(10(15)16)8-12(9-13)3-6-18-7-4-12/h2H,1,3-9H2,(H,14,17)(H,15,16). The van der Waals surface area contributed by atoms with Crippen LogP contribution in [0.15, 0.2) is 12.7 Å². The highest BCUT2D eigenvalue weighted by Crippen LogP contribution is 2.54. The second-order valence-electron chi connectivity index (χ2n) is 5.37. The summed E-state index contributed by atoms with van der Waals surface area (Å²) in [7, 11) is 0. The van der Waals surface area contributed by atoms with Crippen molar-refractivity contribution in [3.63, 3.8) is 0 Å². The van der Waals surface area contributed by atoms with Crippen LogP contribution in [0, 0.1) is 5.41 Å². The average molecular weight is 269 g/mol. The number of amides is 1. The molecule has 19 heavy (non-hydrogen) atoms. The SMILES string of the molecule is C=CCOC(=O)NC1(C(=O)O)CC2(CCOCC2)C1. The average Bonchev–Trinajstić information content (AvgIpc) is 2.35. The fourth-order valence-corrected chi connectivity index (χ4v) is 3.05. The second kappa shape index (κ2) is 5.21. The van der Waals surface area contributed by atoms with Gasteiger partial charge in [-0.15, -0.1) is 0 Å². The van der Waals surface area contributed by atoms with Gasteiger partial charge < -0.3 is 19.9 Å². The van der Waals surface area contributed by atoms with Gasteiger partial charge in [0.15, 0.2) is 0 Å². The molecule has 1 spiro atoms. The topological polar surface area (TPSA) is 84.9 Å². The van der Waals surface area contributed by atoms with Gasteiger partial charge in [-0.1, -0.05) is 12.7 Å². The van der Waals surface area contributed by atoms with E-state index in [1.165, 1.54) is 6.08 Å². The summed E-state index contributed by atoms with van der Waals surface area (Å²) in [6, 6.07) is 0. The highest BCUT2D eigenvalue weighted by Gasteiger charge is 2.60. The molecule has 2 aliphatic rings. The van der Waals surface area contributed by atoms with Gasteiger partial charge >= 0.3 is 12.1 Å².